The van der Waals surface area contributed by atoms with E-state index in [1.807, 2.05) is 26.0 Å². The number of phenols is 2. The van der Waals surface area contributed by atoms with Gasteiger partial charge in [-0.05, 0) is 31.5 Å². The largest absolute Gasteiger partial charge is 0.508 e. The van der Waals surface area contributed by atoms with Crippen molar-refractivity contribution in [1.82, 2.24) is 0 Å². The first-order valence-corrected chi connectivity index (χ1v) is 5.17. The molecule has 0 fully saturated rings. The molecular formula is C14H14O2. The zero-order chi connectivity index (χ0) is 11.7. The van der Waals surface area contributed by atoms with E-state index in [4.69, 9.17) is 0 Å². The lowest BCUT2D eigenvalue weighted by atomic mass is 10.00. The van der Waals surface area contributed by atoms with Crippen molar-refractivity contribution in [1.29, 1.82) is 0 Å². The first-order chi connectivity index (χ1) is 7.56. The normalized spacial score (nSPS) is 10.4. The lowest BCUT2D eigenvalue weighted by Crippen LogP contribution is -1.83. The van der Waals surface area contributed by atoms with Crippen LogP contribution in [0.1, 0.15) is 11.1 Å². The van der Waals surface area contributed by atoms with E-state index < -0.39 is 0 Å². The van der Waals surface area contributed by atoms with E-state index in [9.17, 15) is 10.2 Å². The SMILES string of the molecule is Cc1cc(C)cc(-c2ccc(O)cc2O)c1. The Morgan fingerprint density at radius 3 is 2.00 bits per heavy atom. The van der Waals surface area contributed by atoms with E-state index >= 15 is 0 Å². The minimum Gasteiger partial charge on any atom is -0.508 e. The van der Waals surface area contributed by atoms with Crippen LogP contribution in [-0.2, 0) is 0 Å². The van der Waals surface area contributed by atoms with Crippen LogP contribution in [0.3, 0.4) is 0 Å². The summed E-state index contributed by atoms with van der Waals surface area (Å²) in [5, 5.41) is 19.0. The predicted octanol–water partition coefficient (Wildman–Crippen LogP) is 3.38. The van der Waals surface area contributed by atoms with E-state index in [-0.39, 0.29) is 11.5 Å². The third-order valence-electron chi connectivity index (χ3n) is 2.51. The molecule has 0 saturated carbocycles. The molecule has 0 bridgehead atoms. The molecular weight excluding hydrogens is 200 g/mol. The van der Waals surface area contributed by atoms with Gasteiger partial charge in [0.05, 0.1) is 0 Å². The second kappa shape index (κ2) is 3.89. The van der Waals surface area contributed by atoms with Gasteiger partial charge in [-0.2, -0.15) is 0 Å². The molecule has 2 aromatic carbocycles. The van der Waals surface area contributed by atoms with Crippen LogP contribution in [0.4, 0.5) is 0 Å². The average Bonchev–Trinajstić information content (AvgIpc) is 2.15. The van der Waals surface area contributed by atoms with E-state index in [1.54, 1.807) is 12.1 Å². The summed E-state index contributed by atoms with van der Waals surface area (Å²) >= 11 is 0. The standard InChI is InChI=1S/C14H14O2/c1-9-5-10(2)7-11(6-9)13-4-3-12(15)8-14(13)16/h3-8,15-16H,1-2H3. The second-order valence-electron chi connectivity index (χ2n) is 4.08. The fraction of sp³-hybridized carbons (Fsp3) is 0.143. The van der Waals surface area contributed by atoms with Crippen molar-refractivity contribution in [3.05, 3.63) is 47.5 Å². The molecule has 82 valence electrons. The minimum absolute atomic E-state index is 0.0747. The maximum absolute atomic E-state index is 9.77. The molecule has 0 radical (unpaired) electrons. The fourth-order valence-electron chi connectivity index (χ4n) is 1.89. The van der Waals surface area contributed by atoms with Crippen LogP contribution in [0.5, 0.6) is 11.5 Å². The lowest BCUT2D eigenvalue weighted by molar-refractivity contribution is 0.452. The van der Waals surface area contributed by atoms with Crippen molar-refractivity contribution < 1.29 is 10.2 Å². The Balaban J connectivity index is 2.58. The Morgan fingerprint density at radius 2 is 1.44 bits per heavy atom. The van der Waals surface area contributed by atoms with Gasteiger partial charge >= 0.3 is 0 Å². The van der Waals surface area contributed by atoms with Crippen LogP contribution in [0.25, 0.3) is 11.1 Å². The van der Waals surface area contributed by atoms with Crippen molar-refractivity contribution in [3.8, 4) is 22.6 Å². The van der Waals surface area contributed by atoms with E-state index in [1.165, 1.54) is 6.07 Å². The van der Waals surface area contributed by atoms with Gasteiger partial charge in [-0.25, -0.2) is 0 Å². The average molecular weight is 214 g/mol. The van der Waals surface area contributed by atoms with Gasteiger partial charge in [-0.3, -0.25) is 0 Å². The van der Waals surface area contributed by atoms with Crippen molar-refractivity contribution in [3.63, 3.8) is 0 Å². The number of benzene rings is 2. The molecule has 0 spiro atoms. The zero-order valence-corrected chi connectivity index (χ0v) is 9.36. The van der Waals surface area contributed by atoms with Crippen molar-refractivity contribution in [2.45, 2.75) is 13.8 Å². The highest BCUT2D eigenvalue weighted by atomic mass is 16.3. The third kappa shape index (κ3) is 2.01. The van der Waals surface area contributed by atoms with Gasteiger partial charge in [-0.15, -0.1) is 0 Å². The van der Waals surface area contributed by atoms with Gasteiger partial charge < -0.3 is 10.2 Å². The van der Waals surface area contributed by atoms with Crippen molar-refractivity contribution in [2.75, 3.05) is 0 Å². The molecule has 0 unspecified atom stereocenters. The van der Waals surface area contributed by atoms with Gasteiger partial charge in [0.1, 0.15) is 11.5 Å². The predicted molar refractivity (Wildman–Crippen MR) is 64.7 cm³/mol. The molecule has 16 heavy (non-hydrogen) atoms. The minimum atomic E-state index is 0.0747. The van der Waals surface area contributed by atoms with E-state index in [0.29, 0.717) is 0 Å². The monoisotopic (exact) mass is 214 g/mol. The van der Waals surface area contributed by atoms with Crippen LogP contribution in [0.2, 0.25) is 0 Å². The summed E-state index contributed by atoms with van der Waals surface area (Å²) in [6.45, 7) is 4.04. The first kappa shape index (κ1) is 10.6. The smallest absolute Gasteiger partial charge is 0.127 e. The Bertz CT molecular complexity index is 510. The Morgan fingerprint density at radius 1 is 0.812 bits per heavy atom. The van der Waals surface area contributed by atoms with Crippen LogP contribution in [-0.4, -0.2) is 10.2 Å². The highest BCUT2D eigenvalue weighted by molar-refractivity contribution is 5.72. The van der Waals surface area contributed by atoms with Crippen LogP contribution in [0, 0.1) is 13.8 Å². The quantitative estimate of drug-likeness (QED) is 0.764. The lowest BCUT2D eigenvalue weighted by Gasteiger charge is -2.07. The summed E-state index contributed by atoms with van der Waals surface area (Å²) in [4.78, 5) is 0. The molecule has 0 heterocycles. The molecule has 0 saturated heterocycles. The van der Waals surface area contributed by atoms with Gasteiger partial charge in [0, 0.05) is 11.6 Å². The molecule has 0 aliphatic rings. The molecule has 2 nitrogen and oxygen atoms in total. The molecule has 0 atom stereocenters. The maximum atomic E-state index is 9.77. The first-order valence-electron chi connectivity index (χ1n) is 5.17. The molecule has 0 aromatic heterocycles. The highest BCUT2D eigenvalue weighted by Gasteiger charge is 2.05. The molecule has 2 N–H and O–H groups in total. The topological polar surface area (TPSA) is 40.5 Å². The Labute approximate surface area is 94.8 Å². The van der Waals surface area contributed by atoms with Crippen LogP contribution >= 0.6 is 0 Å². The summed E-state index contributed by atoms with van der Waals surface area (Å²) in [6.07, 6.45) is 0. The fourth-order valence-corrected chi connectivity index (χ4v) is 1.89. The van der Waals surface area contributed by atoms with Crippen LogP contribution < -0.4 is 0 Å². The van der Waals surface area contributed by atoms with Gasteiger partial charge in [0.15, 0.2) is 0 Å². The summed E-state index contributed by atoms with van der Waals surface area (Å²) in [7, 11) is 0. The molecule has 2 heteroatoms. The summed E-state index contributed by atoms with van der Waals surface area (Å²) in [5.74, 6) is 0.177. The highest BCUT2D eigenvalue weighted by Crippen LogP contribution is 2.32. The molecule has 2 rings (SSSR count). The third-order valence-corrected chi connectivity index (χ3v) is 2.51. The Hall–Kier alpha value is -1.96. The summed E-state index contributed by atoms with van der Waals surface area (Å²) in [6, 6.07) is 10.8. The van der Waals surface area contributed by atoms with E-state index in [2.05, 4.69) is 6.07 Å². The van der Waals surface area contributed by atoms with Crippen LogP contribution in [0.15, 0.2) is 36.4 Å². The molecule has 0 amide bonds. The van der Waals surface area contributed by atoms with Gasteiger partial charge in [-0.1, -0.05) is 29.3 Å². The summed E-state index contributed by atoms with van der Waals surface area (Å²) in [5.41, 5.74) is 4.02. The van der Waals surface area contributed by atoms with Gasteiger partial charge in [0.25, 0.3) is 0 Å². The number of hydrogen-bond donors (Lipinski definition) is 2. The second-order valence-corrected chi connectivity index (χ2v) is 4.08. The number of phenolic OH excluding ortho intramolecular Hbond substituents is 2. The zero-order valence-electron chi connectivity index (χ0n) is 9.36. The number of aromatic hydroxyl groups is 2. The van der Waals surface area contributed by atoms with Crippen molar-refractivity contribution in [2.24, 2.45) is 0 Å². The maximum Gasteiger partial charge on any atom is 0.127 e. The molecule has 0 aliphatic heterocycles. The van der Waals surface area contributed by atoms with Crippen molar-refractivity contribution >= 4 is 0 Å². The van der Waals surface area contributed by atoms with E-state index in [0.717, 1.165) is 22.3 Å². The number of rotatable bonds is 1. The Kier molecular flexibility index (Phi) is 2.57. The summed E-state index contributed by atoms with van der Waals surface area (Å²) < 4.78 is 0. The number of aryl methyl sites for hydroxylation is 2. The number of hydrogen-bond acceptors (Lipinski definition) is 2. The molecule has 2 aromatic rings. The molecule has 0 aliphatic carbocycles. The van der Waals surface area contributed by atoms with Gasteiger partial charge in [0.2, 0.25) is 0 Å².